The monoisotopic (exact) mass is 544 g/mol. The van der Waals surface area contributed by atoms with Gasteiger partial charge in [-0.05, 0) is 92.7 Å². The van der Waals surface area contributed by atoms with Crippen LogP contribution >= 0.6 is 0 Å². The maximum Gasteiger partial charge on any atom is 0.255 e. The number of hydrogen-bond donors (Lipinski definition) is 3. The van der Waals surface area contributed by atoms with E-state index < -0.39 is 0 Å². The number of nitrogens with one attached hydrogen (secondary N) is 3. The first kappa shape index (κ1) is 27.5. The molecule has 0 fully saturated rings. The minimum absolute atomic E-state index is 0.219. The lowest BCUT2D eigenvalue weighted by atomic mass is 10.0. The van der Waals surface area contributed by atoms with Crippen LogP contribution < -0.4 is 16.0 Å². The molecule has 3 N–H and O–H groups in total. The number of fused-ring (bicyclic) bond motifs is 7. The fraction of sp³-hybridized carbons (Fsp3) is 0.152. The molecule has 2 amide bonds. The molecule has 0 aliphatic carbocycles. The van der Waals surface area contributed by atoms with Crippen LogP contribution in [0.3, 0.4) is 0 Å². The summed E-state index contributed by atoms with van der Waals surface area (Å²) in [6.07, 6.45) is 10.8. The van der Waals surface area contributed by atoms with Crippen molar-refractivity contribution in [2.24, 2.45) is 0 Å². The van der Waals surface area contributed by atoms with Crippen molar-refractivity contribution in [3.05, 3.63) is 120 Å². The van der Waals surface area contributed by atoms with Crippen LogP contribution in [0.25, 0.3) is 11.3 Å². The van der Waals surface area contributed by atoms with E-state index in [1.165, 1.54) is 11.6 Å². The van der Waals surface area contributed by atoms with Crippen molar-refractivity contribution in [3.8, 4) is 11.3 Å². The van der Waals surface area contributed by atoms with Crippen LogP contribution in [0, 0.1) is 0 Å². The number of aromatic nitrogens is 2. The second-order valence-electron chi connectivity index (χ2n) is 10.1. The van der Waals surface area contributed by atoms with Gasteiger partial charge in [0.2, 0.25) is 11.9 Å². The molecule has 41 heavy (non-hydrogen) atoms. The van der Waals surface area contributed by atoms with E-state index in [-0.39, 0.29) is 11.8 Å². The van der Waals surface area contributed by atoms with Gasteiger partial charge in [-0.1, -0.05) is 36.4 Å². The second-order valence-corrected chi connectivity index (χ2v) is 10.1. The van der Waals surface area contributed by atoms with Gasteiger partial charge in [0, 0.05) is 47.0 Å². The van der Waals surface area contributed by atoms with Crippen LogP contribution in [0.4, 0.5) is 23.0 Å². The Bertz CT molecular complexity index is 1610. The van der Waals surface area contributed by atoms with Crippen LogP contribution in [0.5, 0.6) is 0 Å². The Morgan fingerprint density at radius 3 is 2.51 bits per heavy atom. The molecule has 0 saturated carbocycles. The molecule has 8 heteroatoms. The maximum atomic E-state index is 13.1. The van der Waals surface area contributed by atoms with E-state index in [2.05, 4.69) is 45.2 Å². The average Bonchev–Trinajstić information content (AvgIpc) is 2.95. The van der Waals surface area contributed by atoms with Crippen molar-refractivity contribution in [1.82, 2.24) is 14.9 Å². The molecule has 5 rings (SSSR count). The SMILES string of the molecule is CN(C)C/C=C/C(=O)Nc1ccc(C(=O)Nc2cc3cc(c2)Nc2nccc(n2)-c2cccc(c2)C/C=C/C3)cc1. The van der Waals surface area contributed by atoms with E-state index in [1.54, 1.807) is 36.5 Å². The van der Waals surface area contributed by atoms with Crippen LogP contribution in [0.15, 0.2) is 103 Å². The zero-order valence-electron chi connectivity index (χ0n) is 23.1. The number of nitrogens with zero attached hydrogens (tertiary/aromatic N) is 3. The normalized spacial score (nSPS) is 13.2. The van der Waals surface area contributed by atoms with E-state index in [9.17, 15) is 9.59 Å². The van der Waals surface area contributed by atoms with Gasteiger partial charge in [-0.3, -0.25) is 9.59 Å². The van der Waals surface area contributed by atoms with Crippen molar-refractivity contribution in [2.75, 3.05) is 36.6 Å². The summed E-state index contributed by atoms with van der Waals surface area (Å²) in [6.45, 7) is 0.675. The summed E-state index contributed by atoms with van der Waals surface area (Å²) in [5, 5.41) is 9.11. The topological polar surface area (TPSA) is 99.2 Å². The average molecular weight is 545 g/mol. The minimum atomic E-state index is -0.251. The molecule has 8 nitrogen and oxygen atoms in total. The van der Waals surface area contributed by atoms with Crippen LogP contribution in [-0.2, 0) is 17.6 Å². The van der Waals surface area contributed by atoms with Gasteiger partial charge in [-0.25, -0.2) is 9.97 Å². The summed E-state index contributed by atoms with van der Waals surface area (Å²) in [5.74, 6) is 0.00577. The van der Waals surface area contributed by atoms with Gasteiger partial charge in [0.25, 0.3) is 5.91 Å². The smallest absolute Gasteiger partial charge is 0.255 e. The standard InChI is InChI=1S/C33H32N6O2/c1-39(2)18-6-11-31(40)35-27-14-12-25(13-15-27)32(41)36-28-20-24-8-4-3-7-23-9-5-10-26(19-23)30-16-17-34-33(38-30)37-29(21-24)22-28/h3-6,9-17,19-22H,7-8,18H2,1-2H3,(H,35,40)(H,36,41)(H,34,37,38)/b4-3+,11-6+. The predicted molar refractivity (Wildman–Crippen MR) is 164 cm³/mol. The molecule has 3 aromatic carbocycles. The molecule has 0 radical (unpaired) electrons. The molecule has 1 aliphatic rings. The zero-order valence-corrected chi connectivity index (χ0v) is 23.1. The summed E-state index contributed by atoms with van der Waals surface area (Å²) in [4.78, 5) is 36.3. The molecule has 2 heterocycles. The van der Waals surface area contributed by atoms with E-state index in [1.807, 2.05) is 55.4 Å². The number of carbonyl (C=O) groups is 2. The third-order valence-corrected chi connectivity index (χ3v) is 6.41. The highest BCUT2D eigenvalue weighted by molar-refractivity contribution is 6.05. The number of benzene rings is 3. The van der Waals surface area contributed by atoms with E-state index >= 15 is 0 Å². The molecule has 0 spiro atoms. The Morgan fingerprint density at radius 1 is 0.902 bits per heavy atom. The van der Waals surface area contributed by atoms with Gasteiger partial charge in [-0.15, -0.1) is 0 Å². The van der Waals surface area contributed by atoms with Gasteiger partial charge < -0.3 is 20.9 Å². The number of amides is 2. The quantitative estimate of drug-likeness (QED) is 0.208. The Balaban J connectivity index is 1.32. The molecule has 6 bridgehead atoms. The first-order chi connectivity index (χ1) is 19.9. The predicted octanol–water partition coefficient (Wildman–Crippen LogP) is 5.85. The van der Waals surface area contributed by atoms with Gasteiger partial charge in [0.05, 0.1) is 5.69 Å². The molecular formula is C33H32N6O2. The minimum Gasteiger partial charge on any atom is -0.324 e. The maximum absolute atomic E-state index is 13.1. The summed E-state index contributed by atoms with van der Waals surface area (Å²) >= 11 is 0. The third-order valence-electron chi connectivity index (χ3n) is 6.41. The molecule has 4 aromatic rings. The Morgan fingerprint density at radius 2 is 1.71 bits per heavy atom. The van der Waals surface area contributed by atoms with Crippen molar-refractivity contribution >= 4 is 34.8 Å². The lowest BCUT2D eigenvalue weighted by molar-refractivity contribution is -0.111. The van der Waals surface area contributed by atoms with Gasteiger partial charge >= 0.3 is 0 Å². The number of carbonyl (C=O) groups excluding carboxylic acids is 2. The lowest BCUT2D eigenvalue weighted by Crippen LogP contribution is -2.14. The number of allylic oxidation sites excluding steroid dienone is 2. The summed E-state index contributed by atoms with van der Waals surface area (Å²) < 4.78 is 0. The van der Waals surface area contributed by atoms with E-state index in [0.717, 1.165) is 28.9 Å². The highest BCUT2D eigenvalue weighted by atomic mass is 16.2. The van der Waals surface area contributed by atoms with Crippen LogP contribution in [0.2, 0.25) is 0 Å². The van der Waals surface area contributed by atoms with Gasteiger partial charge in [0.15, 0.2) is 0 Å². The molecule has 0 unspecified atom stereocenters. The van der Waals surface area contributed by atoms with Gasteiger partial charge in [0.1, 0.15) is 0 Å². The summed E-state index contributed by atoms with van der Waals surface area (Å²) in [6, 6.07) is 22.9. The van der Waals surface area contributed by atoms with Crippen LogP contribution in [0.1, 0.15) is 21.5 Å². The number of anilines is 4. The third kappa shape index (κ3) is 7.74. The number of rotatable bonds is 6. The number of likely N-dealkylation sites (N-methyl/N-ethyl adjacent to an activating group) is 1. The zero-order chi connectivity index (χ0) is 28.6. The summed E-state index contributed by atoms with van der Waals surface area (Å²) in [5.41, 5.74) is 6.62. The fourth-order valence-corrected chi connectivity index (χ4v) is 4.42. The molecule has 0 atom stereocenters. The van der Waals surface area contributed by atoms with Crippen molar-refractivity contribution in [3.63, 3.8) is 0 Å². The molecule has 1 aromatic heterocycles. The Labute approximate surface area is 239 Å². The first-order valence-electron chi connectivity index (χ1n) is 13.4. The lowest BCUT2D eigenvalue weighted by Gasteiger charge is -2.13. The summed E-state index contributed by atoms with van der Waals surface area (Å²) in [7, 11) is 3.87. The highest BCUT2D eigenvalue weighted by Crippen LogP contribution is 2.25. The molecule has 1 aliphatic heterocycles. The highest BCUT2D eigenvalue weighted by Gasteiger charge is 2.11. The molecule has 206 valence electrons. The fourth-order valence-electron chi connectivity index (χ4n) is 4.42. The van der Waals surface area contributed by atoms with E-state index in [4.69, 9.17) is 4.98 Å². The molecular weight excluding hydrogens is 512 g/mol. The van der Waals surface area contributed by atoms with E-state index in [0.29, 0.717) is 35.9 Å². The molecule has 0 saturated heterocycles. The Kier molecular flexibility index (Phi) is 8.61. The second kappa shape index (κ2) is 12.8. The van der Waals surface area contributed by atoms with Crippen molar-refractivity contribution in [2.45, 2.75) is 12.8 Å². The van der Waals surface area contributed by atoms with Gasteiger partial charge in [-0.2, -0.15) is 0 Å². The largest absolute Gasteiger partial charge is 0.324 e. The Hall–Kier alpha value is -5.08. The number of hydrogen-bond acceptors (Lipinski definition) is 6. The first-order valence-corrected chi connectivity index (χ1v) is 13.4. The van der Waals surface area contributed by atoms with Crippen LogP contribution in [-0.4, -0.2) is 47.3 Å². The van der Waals surface area contributed by atoms with Crippen molar-refractivity contribution < 1.29 is 9.59 Å². The van der Waals surface area contributed by atoms with Crippen molar-refractivity contribution in [1.29, 1.82) is 0 Å².